The molecule has 0 aromatic rings. The van der Waals surface area contributed by atoms with Gasteiger partial charge in [0.05, 0.1) is 0 Å². The van der Waals surface area contributed by atoms with Crippen LogP contribution in [0.2, 0.25) is 0 Å². The molecule has 1 rings (SSSR count). The third-order valence-electron chi connectivity index (χ3n) is 3.00. The van der Waals surface area contributed by atoms with Gasteiger partial charge in [0.15, 0.2) is 0 Å². The van der Waals surface area contributed by atoms with Crippen LogP contribution in [0, 0.1) is 0 Å². The summed E-state index contributed by atoms with van der Waals surface area (Å²) >= 11 is 0. The van der Waals surface area contributed by atoms with Crippen LogP contribution in [-0.4, -0.2) is 21.0 Å². The van der Waals surface area contributed by atoms with Gasteiger partial charge in [-0.05, 0) is 19.3 Å². The summed E-state index contributed by atoms with van der Waals surface area (Å²) in [6.45, 7) is 2.66. The maximum atomic E-state index is 11.6. The molecular weight excluding hydrogens is 224 g/mol. The monoisotopic (exact) mass is 248 g/mol. The Morgan fingerprint density at radius 3 is 2.44 bits per heavy atom. The lowest BCUT2D eigenvalue weighted by Crippen LogP contribution is -2.43. The van der Waals surface area contributed by atoms with E-state index in [0.717, 1.165) is 44.9 Å². The molecule has 5 heteroatoms. The van der Waals surface area contributed by atoms with E-state index >= 15 is 0 Å². The number of rotatable bonds is 7. The Kier molecular flexibility index (Phi) is 6.31. The molecule has 1 saturated carbocycles. The first-order chi connectivity index (χ1) is 7.64. The van der Waals surface area contributed by atoms with Crippen LogP contribution >= 0.6 is 0 Å². The van der Waals surface area contributed by atoms with Gasteiger partial charge in [-0.3, -0.25) is 0 Å². The highest BCUT2D eigenvalue weighted by atomic mass is 32.2. The molecular formula is C11H24N2O2S. The molecule has 4 nitrogen and oxygen atoms in total. The zero-order chi connectivity index (χ0) is 11.9. The van der Waals surface area contributed by atoms with E-state index in [2.05, 4.69) is 16.4 Å². The molecule has 0 aliphatic heterocycles. The number of hydrogen-bond donors (Lipinski definition) is 2. The van der Waals surface area contributed by atoms with Crippen molar-refractivity contribution in [3.05, 3.63) is 0 Å². The maximum Gasteiger partial charge on any atom is 0.277 e. The molecule has 0 radical (unpaired) electrons. The van der Waals surface area contributed by atoms with E-state index in [1.54, 1.807) is 0 Å². The smallest absolute Gasteiger partial charge is 0.202 e. The van der Waals surface area contributed by atoms with Crippen molar-refractivity contribution in [2.75, 3.05) is 6.54 Å². The van der Waals surface area contributed by atoms with E-state index in [1.807, 2.05) is 0 Å². The van der Waals surface area contributed by atoms with Crippen LogP contribution in [0.1, 0.15) is 58.3 Å². The Labute approximate surface area is 99.4 Å². The van der Waals surface area contributed by atoms with E-state index in [-0.39, 0.29) is 6.04 Å². The molecule has 0 aromatic heterocycles. The van der Waals surface area contributed by atoms with Gasteiger partial charge in [0.25, 0.3) is 10.2 Å². The molecule has 1 aliphatic rings. The molecule has 0 amide bonds. The van der Waals surface area contributed by atoms with Gasteiger partial charge in [0.1, 0.15) is 0 Å². The third kappa shape index (κ3) is 5.82. The molecule has 0 unspecified atom stereocenters. The molecule has 16 heavy (non-hydrogen) atoms. The quantitative estimate of drug-likeness (QED) is 0.676. The van der Waals surface area contributed by atoms with Crippen molar-refractivity contribution in [1.82, 2.24) is 9.44 Å². The number of unbranched alkanes of at least 4 members (excludes halogenated alkanes) is 2. The second-order valence-corrected chi connectivity index (χ2v) is 6.09. The fraction of sp³-hybridized carbons (Fsp3) is 1.00. The molecule has 2 N–H and O–H groups in total. The summed E-state index contributed by atoms with van der Waals surface area (Å²) in [7, 11) is -3.26. The summed E-state index contributed by atoms with van der Waals surface area (Å²) in [6.07, 6.45) is 8.59. The van der Waals surface area contributed by atoms with Crippen molar-refractivity contribution in [3.8, 4) is 0 Å². The van der Waals surface area contributed by atoms with E-state index in [9.17, 15) is 8.42 Å². The van der Waals surface area contributed by atoms with E-state index in [1.165, 1.54) is 6.42 Å². The van der Waals surface area contributed by atoms with Crippen molar-refractivity contribution in [2.45, 2.75) is 64.3 Å². The van der Waals surface area contributed by atoms with Gasteiger partial charge in [-0.25, -0.2) is 4.72 Å². The van der Waals surface area contributed by atoms with Gasteiger partial charge in [0.2, 0.25) is 0 Å². The van der Waals surface area contributed by atoms with Gasteiger partial charge < -0.3 is 0 Å². The first-order valence-corrected chi connectivity index (χ1v) is 7.89. The Hall–Kier alpha value is -0.130. The molecule has 1 fully saturated rings. The van der Waals surface area contributed by atoms with Crippen LogP contribution in [0.15, 0.2) is 0 Å². The Bertz CT molecular complexity index is 272. The SMILES string of the molecule is CCCCCNS(=O)(=O)NC1CCCCC1. The van der Waals surface area contributed by atoms with Crippen molar-refractivity contribution in [2.24, 2.45) is 0 Å². The predicted molar refractivity (Wildman–Crippen MR) is 66.5 cm³/mol. The highest BCUT2D eigenvalue weighted by molar-refractivity contribution is 7.87. The van der Waals surface area contributed by atoms with E-state index in [4.69, 9.17) is 0 Å². The van der Waals surface area contributed by atoms with Crippen LogP contribution in [-0.2, 0) is 10.2 Å². The summed E-state index contributed by atoms with van der Waals surface area (Å²) in [5, 5.41) is 0. The lowest BCUT2D eigenvalue weighted by molar-refractivity contribution is 0.410. The second-order valence-electron chi connectivity index (χ2n) is 4.56. The zero-order valence-corrected chi connectivity index (χ0v) is 11.0. The summed E-state index contributed by atoms with van der Waals surface area (Å²) in [4.78, 5) is 0. The molecule has 0 bridgehead atoms. The summed E-state index contributed by atoms with van der Waals surface area (Å²) in [6, 6.07) is 0.150. The standard InChI is InChI=1S/C11H24N2O2S/c1-2-3-7-10-12-16(14,15)13-11-8-5-4-6-9-11/h11-13H,2-10H2,1H3. The molecule has 0 atom stereocenters. The zero-order valence-electron chi connectivity index (χ0n) is 10.2. The van der Waals surface area contributed by atoms with Crippen molar-refractivity contribution >= 4 is 10.2 Å². The average Bonchev–Trinajstić information content (AvgIpc) is 2.25. The molecule has 96 valence electrons. The minimum atomic E-state index is -3.26. The Morgan fingerprint density at radius 1 is 1.12 bits per heavy atom. The highest BCUT2D eigenvalue weighted by Gasteiger charge is 2.19. The van der Waals surface area contributed by atoms with Crippen molar-refractivity contribution < 1.29 is 8.42 Å². The summed E-state index contributed by atoms with van der Waals surface area (Å²) in [5.74, 6) is 0. The van der Waals surface area contributed by atoms with Gasteiger partial charge in [-0.15, -0.1) is 0 Å². The van der Waals surface area contributed by atoms with Crippen LogP contribution < -0.4 is 9.44 Å². The van der Waals surface area contributed by atoms with Gasteiger partial charge in [-0.2, -0.15) is 13.1 Å². The summed E-state index contributed by atoms with van der Waals surface area (Å²) < 4.78 is 28.6. The number of hydrogen-bond acceptors (Lipinski definition) is 2. The molecule has 0 saturated heterocycles. The number of nitrogens with one attached hydrogen (secondary N) is 2. The maximum absolute atomic E-state index is 11.6. The topological polar surface area (TPSA) is 58.2 Å². The predicted octanol–water partition coefficient (Wildman–Crippen LogP) is 1.93. The van der Waals surface area contributed by atoms with Crippen molar-refractivity contribution in [3.63, 3.8) is 0 Å². The van der Waals surface area contributed by atoms with Gasteiger partial charge >= 0.3 is 0 Å². The van der Waals surface area contributed by atoms with E-state index < -0.39 is 10.2 Å². The first-order valence-electron chi connectivity index (χ1n) is 6.41. The van der Waals surface area contributed by atoms with Crippen LogP contribution in [0.25, 0.3) is 0 Å². The first kappa shape index (κ1) is 13.9. The molecule has 0 heterocycles. The second kappa shape index (κ2) is 7.25. The minimum absolute atomic E-state index is 0.150. The lowest BCUT2D eigenvalue weighted by atomic mass is 9.96. The highest BCUT2D eigenvalue weighted by Crippen LogP contribution is 2.17. The average molecular weight is 248 g/mol. The molecule has 0 spiro atoms. The molecule has 1 aliphatic carbocycles. The van der Waals surface area contributed by atoms with Crippen LogP contribution in [0.4, 0.5) is 0 Å². The minimum Gasteiger partial charge on any atom is -0.202 e. The van der Waals surface area contributed by atoms with Crippen LogP contribution in [0.5, 0.6) is 0 Å². The summed E-state index contributed by atoms with van der Waals surface area (Å²) in [5.41, 5.74) is 0. The van der Waals surface area contributed by atoms with Gasteiger partial charge in [0, 0.05) is 12.6 Å². The third-order valence-corrected chi connectivity index (χ3v) is 4.23. The van der Waals surface area contributed by atoms with Crippen molar-refractivity contribution in [1.29, 1.82) is 0 Å². The van der Waals surface area contributed by atoms with E-state index in [0.29, 0.717) is 6.54 Å². The normalized spacial score (nSPS) is 18.8. The lowest BCUT2D eigenvalue weighted by Gasteiger charge is -2.22. The Balaban J connectivity index is 2.22. The fourth-order valence-electron chi connectivity index (χ4n) is 2.06. The Morgan fingerprint density at radius 2 is 1.81 bits per heavy atom. The van der Waals surface area contributed by atoms with Gasteiger partial charge in [-0.1, -0.05) is 39.0 Å². The largest absolute Gasteiger partial charge is 0.277 e. The fourth-order valence-corrected chi connectivity index (χ4v) is 3.23. The van der Waals surface area contributed by atoms with Crippen LogP contribution in [0.3, 0.4) is 0 Å². The molecule has 0 aromatic carbocycles.